The minimum Gasteiger partial charge on any atom is -0.461 e. The molecule has 0 amide bonds. The van der Waals surface area contributed by atoms with Gasteiger partial charge in [0.1, 0.15) is 11.3 Å². The Labute approximate surface area is 129 Å². The Morgan fingerprint density at radius 1 is 1.40 bits per heavy atom. The molecule has 0 atom stereocenters. The van der Waals surface area contributed by atoms with Crippen molar-refractivity contribution >= 4 is 30.0 Å². The van der Waals surface area contributed by atoms with Crippen LogP contribution in [0.5, 0.6) is 0 Å². The molecule has 5 nitrogen and oxygen atoms in total. The van der Waals surface area contributed by atoms with Crippen LogP contribution < -0.4 is 0 Å². The van der Waals surface area contributed by atoms with Crippen LogP contribution in [0, 0.1) is 6.92 Å². The van der Waals surface area contributed by atoms with Crippen molar-refractivity contribution in [1.29, 1.82) is 0 Å². The van der Waals surface area contributed by atoms with Gasteiger partial charge in [-0.3, -0.25) is 0 Å². The minimum atomic E-state index is -1.10. The lowest BCUT2D eigenvalue weighted by Gasteiger charge is -2.15. The highest BCUT2D eigenvalue weighted by Crippen LogP contribution is 2.20. The lowest BCUT2D eigenvalue weighted by molar-refractivity contribution is 0.0454. The second-order valence-corrected chi connectivity index (χ2v) is 12.2. The number of hydrogen-bond donors (Lipinski definition) is 0. The van der Waals surface area contributed by atoms with E-state index in [4.69, 9.17) is 9.47 Å². The number of carbonyl (C=O) groups is 1. The zero-order chi connectivity index (χ0) is 15.3. The van der Waals surface area contributed by atoms with E-state index >= 15 is 0 Å². The second kappa shape index (κ2) is 7.38. The molecule has 0 spiro atoms. The van der Waals surface area contributed by atoms with Crippen LogP contribution in [0.15, 0.2) is 4.60 Å². The molecule has 1 rings (SSSR count). The Kier molecular flexibility index (Phi) is 6.41. The quantitative estimate of drug-likeness (QED) is 0.423. The van der Waals surface area contributed by atoms with Gasteiger partial charge < -0.3 is 9.47 Å². The van der Waals surface area contributed by atoms with Crippen LogP contribution in [0.2, 0.25) is 25.7 Å². The highest BCUT2D eigenvalue weighted by atomic mass is 79.9. The lowest BCUT2D eigenvalue weighted by Crippen LogP contribution is -2.22. The number of nitrogens with zero attached hydrogens (tertiary/aromatic N) is 2. The first kappa shape index (κ1) is 17.4. The third-order valence-corrected chi connectivity index (χ3v) is 5.27. The number of ether oxygens (including phenoxy) is 2. The van der Waals surface area contributed by atoms with Gasteiger partial charge in [0.2, 0.25) is 0 Å². The van der Waals surface area contributed by atoms with Crippen LogP contribution >= 0.6 is 15.9 Å². The summed E-state index contributed by atoms with van der Waals surface area (Å²) in [6, 6.07) is 1.09. The SMILES string of the molecule is CCOC(=O)c1c(C)c(Br)nn1COCC[Si](C)(C)C. The topological polar surface area (TPSA) is 53.3 Å². The molecule has 1 aromatic heterocycles. The lowest BCUT2D eigenvalue weighted by atomic mass is 10.3. The van der Waals surface area contributed by atoms with Crippen molar-refractivity contribution in [3.05, 3.63) is 15.9 Å². The van der Waals surface area contributed by atoms with Gasteiger partial charge in [-0.2, -0.15) is 5.10 Å². The van der Waals surface area contributed by atoms with E-state index in [0.29, 0.717) is 23.5 Å². The molecular weight excluding hydrogens is 340 g/mol. The molecule has 0 aromatic carbocycles. The number of hydrogen-bond acceptors (Lipinski definition) is 4. The predicted molar refractivity (Wildman–Crippen MR) is 84.7 cm³/mol. The van der Waals surface area contributed by atoms with Crippen LogP contribution in [0.25, 0.3) is 0 Å². The molecule has 0 N–H and O–H groups in total. The predicted octanol–water partition coefficient (Wildman–Crippen LogP) is 3.44. The summed E-state index contributed by atoms with van der Waals surface area (Å²) in [5, 5.41) is 4.27. The van der Waals surface area contributed by atoms with Crippen LogP contribution in [0.4, 0.5) is 0 Å². The Balaban J connectivity index is 2.70. The molecule has 20 heavy (non-hydrogen) atoms. The average molecular weight is 363 g/mol. The van der Waals surface area contributed by atoms with Crippen LogP contribution in [-0.4, -0.2) is 37.0 Å². The maximum Gasteiger partial charge on any atom is 0.357 e. The number of halogens is 1. The summed E-state index contributed by atoms with van der Waals surface area (Å²) in [5.74, 6) is -0.364. The Morgan fingerprint density at radius 3 is 2.60 bits per heavy atom. The van der Waals surface area contributed by atoms with Gasteiger partial charge in [-0.25, -0.2) is 9.48 Å². The van der Waals surface area contributed by atoms with Crippen LogP contribution in [0.1, 0.15) is 23.0 Å². The van der Waals surface area contributed by atoms with Gasteiger partial charge in [-0.1, -0.05) is 19.6 Å². The molecule has 7 heteroatoms. The monoisotopic (exact) mass is 362 g/mol. The smallest absolute Gasteiger partial charge is 0.357 e. The first-order chi connectivity index (χ1) is 9.26. The molecule has 0 fully saturated rings. The van der Waals surface area contributed by atoms with E-state index < -0.39 is 8.07 Å². The van der Waals surface area contributed by atoms with Crippen molar-refractivity contribution in [2.45, 2.75) is 46.3 Å². The number of aromatic nitrogens is 2. The van der Waals surface area contributed by atoms with E-state index in [0.717, 1.165) is 11.6 Å². The van der Waals surface area contributed by atoms with Crippen molar-refractivity contribution in [1.82, 2.24) is 9.78 Å². The van der Waals surface area contributed by atoms with Gasteiger partial charge in [0.25, 0.3) is 0 Å². The van der Waals surface area contributed by atoms with E-state index in [1.54, 1.807) is 11.6 Å². The Hall–Kier alpha value is -0.663. The fraction of sp³-hybridized carbons (Fsp3) is 0.692. The van der Waals surface area contributed by atoms with E-state index in [-0.39, 0.29) is 12.7 Å². The fourth-order valence-electron chi connectivity index (χ4n) is 1.60. The summed E-state index contributed by atoms with van der Waals surface area (Å²) in [4.78, 5) is 11.9. The van der Waals surface area contributed by atoms with Gasteiger partial charge in [0.15, 0.2) is 5.69 Å². The molecule has 0 saturated carbocycles. The van der Waals surface area contributed by atoms with E-state index in [1.165, 1.54) is 0 Å². The third-order valence-electron chi connectivity index (χ3n) is 2.81. The molecule has 0 radical (unpaired) electrons. The maximum atomic E-state index is 11.9. The molecule has 114 valence electrons. The molecule has 1 aromatic rings. The van der Waals surface area contributed by atoms with Gasteiger partial charge in [-0.15, -0.1) is 0 Å². The highest BCUT2D eigenvalue weighted by Gasteiger charge is 2.21. The first-order valence-corrected chi connectivity index (χ1v) is 11.2. The molecule has 0 bridgehead atoms. The fourth-order valence-corrected chi connectivity index (χ4v) is 2.74. The molecule has 0 unspecified atom stereocenters. The standard InChI is InChI=1S/C13H23BrN2O3Si/c1-6-19-13(17)11-10(2)12(14)15-16(11)9-18-7-8-20(3,4)5/h6-9H2,1-5H3. The van der Waals surface area contributed by atoms with E-state index in [9.17, 15) is 4.79 Å². The molecule has 0 saturated heterocycles. The summed E-state index contributed by atoms with van der Waals surface area (Å²) < 4.78 is 12.9. The molecule has 0 aliphatic heterocycles. The van der Waals surface area contributed by atoms with Crippen LogP contribution in [-0.2, 0) is 16.2 Å². The van der Waals surface area contributed by atoms with E-state index in [1.807, 2.05) is 6.92 Å². The van der Waals surface area contributed by atoms with E-state index in [2.05, 4.69) is 40.7 Å². The number of esters is 1. The van der Waals surface area contributed by atoms with Crippen molar-refractivity contribution in [2.24, 2.45) is 0 Å². The summed E-state index contributed by atoms with van der Waals surface area (Å²) >= 11 is 3.34. The minimum absolute atomic E-state index is 0.269. The summed E-state index contributed by atoms with van der Waals surface area (Å²) in [7, 11) is -1.10. The second-order valence-electron chi connectivity index (χ2n) is 5.83. The Bertz CT molecular complexity index is 469. The molecule has 1 heterocycles. The summed E-state index contributed by atoms with van der Waals surface area (Å²) in [6.07, 6.45) is 0. The van der Waals surface area contributed by atoms with Gasteiger partial charge in [0, 0.05) is 20.2 Å². The summed E-state index contributed by atoms with van der Waals surface area (Å²) in [5.41, 5.74) is 1.23. The Morgan fingerprint density at radius 2 is 2.05 bits per heavy atom. The van der Waals surface area contributed by atoms with Gasteiger partial charge in [0.05, 0.1) is 6.61 Å². The normalized spacial score (nSPS) is 11.7. The number of rotatable bonds is 7. The van der Waals surface area contributed by atoms with Crippen LogP contribution in [0.3, 0.4) is 0 Å². The zero-order valence-electron chi connectivity index (χ0n) is 12.8. The first-order valence-electron chi connectivity index (χ1n) is 6.74. The summed E-state index contributed by atoms with van der Waals surface area (Å²) in [6.45, 7) is 11.8. The van der Waals surface area contributed by atoms with Gasteiger partial charge in [-0.05, 0) is 35.8 Å². The van der Waals surface area contributed by atoms with Crippen molar-refractivity contribution in [3.8, 4) is 0 Å². The highest BCUT2D eigenvalue weighted by molar-refractivity contribution is 9.10. The molecular formula is C13H23BrN2O3Si. The zero-order valence-corrected chi connectivity index (χ0v) is 15.4. The molecule has 0 aliphatic carbocycles. The largest absolute Gasteiger partial charge is 0.461 e. The molecule has 0 aliphatic rings. The van der Waals surface area contributed by atoms with Crippen molar-refractivity contribution in [3.63, 3.8) is 0 Å². The number of carbonyl (C=O) groups excluding carboxylic acids is 1. The van der Waals surface area contributed by atoms with Crippen molar-refractivity contribution in [2.75, 3.05) is 13.2 Å². The third kappa shape index (κ3) is 5.03. The average Bonchev–Trinajstić information content (AvgIpc) is 2.60. The van der Waals surface area contributed by atoms with Crippen molar-refractivity contribution < 1.29 is 14.3 Å². The maximum absolute atomic E-state index is 11.9. The van der Waals surface area contributed by atoms with Gasteiger partial charge >= 0.3 is 5.97 Å².